The second-order valence-electron chi connectivity index (χ2n) is 7.97. The van der Waals surface area contributed by atoms with Crippen LogP contribution in [0.3, 0.4) is 0 Å². The third kappa shape index (κ3) is 5.10. The maximum Gasteiger partial charge on any atom is 0.471 e. The number of amides is 1. The van der Waals surface area contributed by atoms with Crippen LogP contribution in [0.2, 0.25) is 0 Å². The van der Waals surface area contributed by atoms with Crippen LogP contribution in [0.25, 0.3) is 33.3 Å². The minimum absolute atomic E-state index is 0.279. The molecule has 10 nitrogen and oxygen atoms in total. The number of likely N-dealkylation sites (N-methyl/N-ethyl adjacent to an activating group) is 1. The van der Waals surface area contributed by atoms with Crippen molar-refractivity contribution < 1.29 is 23.7 Å². The highest BCUT2D eigenvalue weighted by Crippen LogP contribution is 2.42. The summed E-state index contributed by atoms with van der Waals surface area (Å²) in [6, 6.07) is 12.8. The van der Waals surface area contributed by atoms with Crippen LogP contribution in [-0.4, -0.2) is 37.3 Å². The topological polar surface area (TPSA) is 142 Å². The highest BCUT2D eigenvalue weighted by molar-refractivity contribution is 7.46. The molecular weight excluding hydrogens is 481 g/mol. The van der Waals surface area contributed by atoms with Gasteiger partial charge in [-0.3, -0.25) is 14.3 Å². The number of hydrogen-bond acceptors (Lipinski definition) is 6. The third-order valence-electron chi connectivity index (χ3n) is 5.60. The number of rotatable bonds is 7. The van der Waals surface area contributed by atoms with Crippen molar-refractivity contribution in [2.75, 3.05) is 11.9 Å². The summed E-state index contributed by atoms with van der Waals surface area (Å²) in [5.41, 5.74) is 4.29. The van der Waals surface area contributed by atoms with Crippen molar-refractivity contribution in [3.8, 4) is 28.3 Å². The molecule has 2 N–H and O–H groups in total. The first-order valence-corrected chi connectivity index (χ1v) is 12.2. The first-order chi connectivity index (χ1) is 17.1. The van der Waals surface area contributed by atoms with Gasteiger partial charge in [0.25, 0.3) is 0 Å². The molecule has 0 aliphatic carbocycles. The maximum atomic E-state index is 12.0. The Kier molecular flexibility index (Phi) is 6.84. The van der Waals surface area contributed by atoms with Crippen molar-refractivity contribution >= 4 is 30.5 Å². The second kappa shape index (κ2) is 9.85. The molecule has 1 atom stereocenters. The molecule has 11 heteroatoms. The van der Waals surface area contributed by atoms with Crippen LogP contribution < -0.4 is 4.90 Å². The number of phosphoric acid groups is 1. The molecule has 0 radical (unpaired) electrons. The largest absolute Gasteiger partial charge is 0.471 e. The van der Waals surface area contributed by atoms with Crippen molar-refractivity contribution in [3.63, 3.8) is 0 Å². The number of anilines is 1. The van der Waals surface area contributed by atoms with E-state index >= 15 is 0 Å². The Hall–Kier alpha value is -4.13. The summed E-state index contributed by atoms with van der Waals surface area (Å²) in [6.45, 7) is 5.01. The predicted octanol–water partition coefficient (Wildman–Crippen LogP) is 4.41. The van der Waals surface area contributed by atoms with Crippen LogP contribution in [0.5, 0.6) is 0 Å². The summed E-state index contributed by atoms with van der Waals surface area (Å²) < 4.78 is 17.9. The van der Waals surface area contributed by atoms with E-state index < -0.39 is 14.1 Å². The van der Waals surface area contributed by atoms with E-state index in [9.17, 15) is 24.4 Å². The fourth-order valence-corrected chi connectivity index (χ4v) is 4.33. The second-order valence-corrected chi connectivity index (χ2v) is 9.16. The zero-order valence-corrected chi connectivity index (χ0v) is 20.3. The SMILES string of the molecule is C=CC(=O)N(C)c1cncc(-c2cnc3c(c2)c(-c2cccc(C#N)c2)cn3C(C)OP(=O)(O)O)c1. The van der Waals surface area contributed by atoms with Gasteiger partial charge in [0, 0.05) is 47.7 Å². The van der Waals surface area contributed by atoms with Crippen LogP contribution in [0.4, 0.5) is 5.69 Å². The van der Waals surface area contributed by atoms with Crippen LogP contribution in [0, 0.1) is 11.3 Å². The van der Waals surface area contributed by atoms with Crippen molar-refractivity contribution in [1.29, 1.82) is 5.26 Å². The molecule has 1 unspecified atom stereocenters. The number of carbonyl (C=O) groups excluding carboxylic acids is 1. The zero-order chi connectivity index (χ0) is 26.0. The van der Waals surface area contributed by atoms with Gasteiger partial charge in [0.15, 0.2) is 0 Å². The van der Waals surface area contributed by atoms with Crippen LogP contribution >= 0.6 is 7.82 Å². The minimum atomic E-state index is -4.76. The average molecular weight is 503 g/mol. The normalized spacial score (nSPS) is 12.2. The van der Waals surface area contributed by atoms with Crippen molar-refractivity contribution in [2.24, 2.45) is 0 Å². The summed E-state index contributed by atoms with van der Waals surface area (Å²) in [5.74, 6) is -0.279. The summed E-state index contributed by atoms with van der Waals surface area (Å²) in [7, 11) is -3.14. The van der Waals surface area contributed by atoms with Gasteiger partial charge in [0.2, 0.25) is 5.91 Å². The number of benzene rings is 1. The predicted molar refractivity (Wildman–Crippen MR) is 135 cm³/mol. The van der Waals surface area contributed by atoms with Gasteiger partial charge in [-0.05, 0) is 42.8 Å². The minimum Gasteiger partial charge on any atom is -0.310 e. The van der Waals surface area contributed by atoms with Gasteiger partial charge >= 0.3 is 7.82 Å². The third-order valence-corrected chi connectivity index (χ3v) is 6.18. The summed E-state index contributed by atoms with van der Waals surface area (Å²) in [4.78, 5) is 40.9. The smallest absolute Gasteiger partial charge is 0.310 e. The Morgan fingerprint density at radius 2 is 1.97 bits per heavy atom. The van der Waals surface area contributed by atoms with E-state index in [4.69, 9.17) is 4.52 Å². The average Bonchev–Trinajstić information content (AvgIpc) is 3.26. The summed E-state index contributed by atoms with van der Waals surface area (Å²) in [6.07, 6.45) is 6.69. The van der Waals surface area contributed by atoms with E-state index in [2.05, 4.69) is 22.6 Å². The summed E-state index contributed by atoms with van der Waals surface area (Å²) in [5, 5.41) is 10.0. The molecule has 1 amide bonds. The Bertz CT molecular complexity index is 1570. The van der Waals surface area contributed by atoms with E-state index in [-0.39, 0.29) is 5.91 Å². The lowest BCUT2D eigenvalue weighted by Gasteiger charge is -2.16. The molecule has 3 aromatic heterocycles. The van der Waals surface area contributed by atoms with Crippen LogP contribution in [-0.2, 0) is 13.9 Å². The number of carbonyl (C=O) groups is 1. The molecule has 0 aliphatic rings. The van der Waals surface area contributed by atoms with Crippen molar-refractivity contribution in [3.05, 3.63) is 79.4 Å². The monoisotopic (exact) mass is 503 g/mol. The molecule has 0 saturated carbocycles. The lowest BCUT2D eigenvalue weighted by Crippen LogP contribution is -2.23. The Morgan fingerprint density at radius 1 is 1.22 bits per heavy atom. The molecule has 36 heavy (non-hydrogen) atoms. The van der Waals surface area contributed by atoms with E-state index in [1.807, 2.05) is 12.1 Å². The van der Waals surface area contributed by atoms with Gasteiger partial charge in [0.05, 0.1) is 23.5 Å². The number of phosphoric ester groups is 1. The number of nitrogens with zero attached hydrogens (tertiary/aromatic N) is 5. The lowest BCUT2D eigenvalue weighted by atomic mass is 10.0. The van der Waals surface area contributed by atoms with Gasteiger partial charge in [-0.1, -0.05) is 18.7 Å². The standard InChI is InChI=1S/C25H22N5O5P/c1-4-24(31)29(3)21-9-19(12-27-14-21)20-10-22-23(18-7-5-6-17(8-18)11-26)15-30(25(22)28-13-20)16(2)35-36(32,33)34/h4-10,12-16H,1H2,2-3H3,(H2,32,33,34). The molecule has 1 aromatic carbocycles. The van der Waals surface area contributed by atoms with Crippen molar-refractivity contribution in [1.82, 2.24) is 14.5 Å². The first kappa shape index (κ1) is 25.0. The highest BCUT2D eigenvalue weighted by Gasteiger charge is 2.23. The highest BCUT2D eigenvalue weighted by atomic mass is 31.2. The molecule has 182 valence electrons. The van der Waals surface area contributed by atoms with Gasteiger partial charge in [-0.25, -0.2) is 9.55 Å². The van der Waals surface area contributed by atoms with Crippen LogP contribution in [0.1, 0.15) is 18.7 Å². The fraction of sp³-hybridized carbons (Fsp3) is 0.120. The molecule has 0 saturated heterocycles. The van der Waals surface area contributed by atoms with Gasteiger partial charge in [-0.2, -0.15) is 5.26 Å². The molecule has 4 aromatic rings. The van der Waals surface area contributed by atoms with E-state index in [0.29, 0.717) is 39.0 Å². The molecule has 0 spiro atoms. The molecule has 3 heterocycles. The maximum absolute atomic E-state index is 12.0. The van der Waals surface area contributed by atoms with E-state index in [1.54, 1.807) is 56.1 Å². The Morgan fingerprint density at radius 3 is 2.67 bits per heavy atom. The Labute approximate surface area is 207 Å². The number of hydrogen-bond donors (Lipinski definition) is 2. The quantitative estimate of drug-likeness (QED) is 0.279. The Balaban J connectivity index is 1.89. The van der Waals surface area contributed by atoms with Gasteiger partial charge < -0.3 is 19.3 Å². The van der Waals surface area contributed by atoms with E-state index in [0.717, 1.165) is 5.56 Å². The molecule has 0 fully saturated rings. The molecule has 0 bridgehead atoms. The molecular formula is C25H22N5O5P. The van der Waals surface area contributed by atoms with Crippen molar-refractivity contribution in [2.45, 2.75) is 13.2 Å². The van der Waals surface area contributed by atoms with E-state index in [1.165, 1.54) is 22.5 Å². The van der Waals surface area contributed by atoms with Gasteiger partial charge in [-0.15, -0.1) is 0 Å². The fourth-order valence-electron chi connectivity index (χ4n) is 3.84. The molecule has 4 rings (SSSR count). The number of aromatic nitrogens is 3. The molecule has 0 aliphatic heterocycles. The first-order valence-electron chi connectivity index (χ1n) is 10.7. The number of fused-ring (bicyclic) bond motifs is 1. The lowest BCUT2D eigenvalue weighted by molar-refractivity contribution is -0.113. The van der Waals surface area contributed by atoms with Crippen LogP contribution in [0.15, 0.2) is 73.8 Å². The van der Waals surface area contributed by atoms with Gasteiger partial charge in [0.1, 0.15) is 11.9 Å². The summed E-state index contributed by atoms with van der Waals surface area (Å²) >= 11 is 0. The number of pyridine rings is 2. The number of nitriles is 1. The zero-order valence-electron chi connectivity index (χ0n) is 19.4.